The van der Waals surface area contributed by atoms with Crippen LogP contribution in [-0.4, -0.2) is 70.9 Å². The number of hydrogen-bond acceptors (Lipinski definition) is 4. The molecule has 2 heterocycles. The number of rotatable bonds is 4. The van der Waals surface area contributed by atoms with E-state index in [1.165, 1.54) is 0 Å². The first-order chi connectivity index (χ1) is 10.2. The summed E-state index contributed by atoms with van der Waals surface area (Å²) in [6.07, 6.45) is 3.33. The third kappa shape index (κ3) is 4.43. The molecule has 2 aliphatic rings. The Kier molecular flexibility index (Phi) is 5.51. The number of β-amino-alcohol motifs (C(OH)–C–C–N with tert-alkyl or cyclic N) is 1. The molecule has 5 nitrogen and oxygen atoms in total. The van der Waals surface area contributed by atoms with Crippen molar-refractivity contribution in [3.8, 4) is 0 Å². The highest BCUT2D eigenvalue weighted by Crippen LogP contribution is 2.28. The van der Waals surface area contributed by atoms with E-state index in [1.807, 2.05) is 4.90 Å². The first-order valence-corrected chi connectivity index (χ1v) is 8.58. The topological polar surface area (TPSA) is 64.0 Å². The predicted molar refractivity (Wildman–Crippen MR) is 86.5 cm³/mol. The smallest absolute Gasteiger partial charge is 0.255 e. The molecule has 0 spiro atoms. The van der Waals surface area contributed by atoms with E-state index in [-0.39, 0.29) is 17.9 Å². The summed E-state index contributed by atoms with van der Waals surface area (Å²) in [5, 5.41) is 20.1. The van der Waals surface area contributed by atoms with E-state index in [2.05, 4.69) is 25.7 Å². The minimum atomic E-state index is -1.23. The molecular weight excluding hydrogens is 280 g/mol. The Balaban J connectivity index is 1.95. The molecule has 0 aromatic carbocycles. The van der Waals surface area contributed by atoms with Crippen LogP contribution in [0.4, 0.5) is 0 Å². The van der Waals surface area contributed by atoms with Crippen molar-refractivity contribution < 1.29 is 15.0 Å². The van der Waals surface area contributed by atoms with E-state index in [0.29, 0.717) is 25.4 Å². The Bertz CT molecular complexity index is 386. The second-order valence-corrected chi connectivity index (χ2v) is 8.32. The zero-order valence-electron chi connectivity index (χ0n) is 14.3. The van der Waals surface area contributed by atoms with Gasteiger partial charge in [0.25, 0.3) is 5.91 Å². The van der Waals surface area contributed by atoms with Gasteiger partial charge in [-0.05, 0) is 50.1 Å². The zero-order chi connectivity index (χ0) is 16.4. The number of aliphatic hydroxyl groups is 2. The first kappa shape index (κ1) is 17.7. The summed E-state index contributed by atoms with van der Waals surface area (Å²) in [5.74, 6) is 0.281. The maximum atomic E-state index is 12.7. The second-order valence-electron chi connectivity index (χ2n) is 8.32. The predicted octanol–water partition coefficient (Wildman–Crippen LogP) is 1.09. The van der Waals surface area contributed by atoms with Gasteiger partial charge in [-0.15, -0.1) is 0 Å². The Morgan fingerprint density at radius 2 is 1.86 bits per heavy atom. The molecule has 0 aromatic rings. The van der Waals surface area contributed by atoms with Crippen molar-refractivity contribution in [2.75, 3.05) is 39.3 Å². The highest BCUT2D eigenvalue weighted by Gasteiger charge is 2.44. The van der Waals surface area contributed by atoms with Crippen LogP contribution >= 0.6 is 0 Å². The fraction of sp³-hybridized carbons (Fsp3) is 0.941. The van der Waals surface area contributed by atoms with Gasteiger partial charge < -0.3 is 15.1 Å². The van der Waals surface area contributed by atoms with Gasteiger partial charge in [0.2, 0.25) is 0 Å². The van der Waals surface area contributed by atoms with Gasteiger partial charge in [0.1, 0.15) is 0 Å². The quantitative estimate of drug-likeness (QED) is 0.816. The lowest BCUT2D eigenvalue weighted by molar-refractivity contribution is -0.161. The van der Waals surface area contributed by atoms with Crippen LogP contribution in [-0.2, 0) is 4.79 Å². The summed E-state index contributed by atoms with van der Waals surface area (Å²) in [5.41, 5.74) is -1.18. The molecule has 2 aliphatic heterocycles. The maximum absolute atomic E-state index is 12.7. The average Bonchev–Trinajstić information content (AvgIpc) is 2.44. The van der Waals surface area contributed by atoms with Gasteiger partial charge >= 0.3 is 0 Å². The molecule has 22 heavy (non-hydrogen) atoms. The highest BCUT2D eigenvalue weighted by atomic mass is 16.3. The minimum absolute atomic E-state index is 0.0490. The molecule has 0 aliphatic carbocycles. The molecule has 0 aromatic heterocycles. The molecule has 2 saturated heterocycles. The molecule has 0 radical (unpaired) electrons. The normalized spacial score (nSPS) is 29.1. The maximum Gasteiger partial charge on any atom is 0.255 e. The molecule has 2 N–H and O–H groups in total. The van der Waals surface area contributed by atoms with Crippen molar-refractivity contribution in [2.24, 2.45) is 11.3 Å². The number of amides is 1. The molecule has 0 unspecified atom stereocenters. The van der Waals surface area contributed by atoms with Crippen LogP contribution in [0.1, 0.15) is 46.5 Å². The third-order valence-corrected chi connectivity index (χ3v) is 4.82. The van der Waals surface area contributed by atoms with Crippen molar-refractivity contribution in [2.45, 2.75) is 52.1 Å². The van der Waals surface area contributed by atoms with Crippen molar-refractivity contribution in [1.29, 1.82) is 0 Å². The first-order valence-electron chi connectivity index (χ1n) is 8.58. The monoisotopic (exact) mass is 312 g/mol. The summed E-state index contributed by atoms with van der Waals surface area (Å²) < 4.78 is 0. The molecule has 128 valence electrons. The van der Waals surface area contributed by atoms with Crippen LogP contribution in [0.5, 0.6) is 0 Å². The molecule has 0 bridgehead atoms. The van der Waals surface area contributed by atoms with Crippen LogP contribution < -0.4 is 0 Å². The fourth-order valence-corrected chi connectivity index (χ4v) is 3.63. The lowest BCUT2D eigenvalue weighted by Crippen LogP contribution is -2.60. The summed E-state index contributed by atoms with van der Waals surface area (Å²) >= 11 is 0. The molecule has 5 heteroatoms. The number of nitrogens with zero attached hydrogens (tertiary/aromatic N) is 2. The lowest BCUT2D eigenvalue weighted by atomic mass is 9.87. The fourth-order valence-electron chi connectivity index (χ4n) is 3.63. The Hall–Kier alpha value is -0.650. The highest BCUT2D eigenvalue weighted by molar-refractivity contribution is 5.86. The van der Waals surface area contributed by atoms with E-state index in [4.69, 9.17) is 0 Å². The van der Waals surface area contributed by atoms with E-state index < -0.39 is 5.60 Å². The number of piperidine rings is 2. The molecule has 0 saturated carbocycles. The van der Waals surface area contributed by atoms with Crippen LogP contribution in [0.2, 0.25) is 0 Å². The van der Waals surface area contributed by atoms with Crippen molar-refractivity contribution in [3.05, 3.63) is 0 Å². The molecule has 2 fully saturated rings. The number of aliphatic hydroxyl groups excluding tert-OH is 1. The zero-order valence-corrected chi connectivity index (χ0v) is 14.3. The third-order valence-electron chi connectivity index (χ3n) is 4.82. The van der Waals surface area contributed by atoms with E-state index in [1.54, 1.807) is 0 Å². The lowest BCUT2D eigenvalue weighted by Gasteiger charge is -2.43. The average molecular weight is 312 g/mol. The minimum Gasteiger partial charge on any atom is -0.396 e. The number of likely N-dealkylation sites (tertiary alicyclic amines) is 2. The summed E-state index contributed by atoms with van der Waals surface area (Å²) in [7, 11) is 0. The summed E-state index contributed by atoms with van der Waals surface area (Å²) in [4.78, 5) is 16.8. The second kappa shape index (κ2) is 6.85. The number of carbonyl (C=O) groups excluding carboxylic acids is 1. The van der Waals surface area contributed by atoms with Crippen molar-refractivity contribution >= 4 is 5.91 Å². The van der Waals surface area contributed by atoms with Crippen LogP contribution in [0.3, 0.4) is 0 Å². The van der Waals surface area contributed by atoms with Gasteiger partial charge in [-0.2, -0.15) is 0 Å². The largest absolute Gasteiger partial charge is 0.396 e. The Morgan fingerprint density at radius 3 is 2.41 bits per heavy atom. The van der Waals surface area contributed by atoms with E-state index in [9.17, 15) is 15.0 Å². The molecule has 1 amide bonds. The van der Waals surface area contributed by atoms with Crippen molar-refractivity contribution in [3.63, 3.8) is 0 Å². The molecular formula is C17H32N2O3. The van der Waals surface area contributed by atoms with Crippen LogP contribution in [0.25, 0.3) is 0 Å². The summed E-state index contributed by atoms with van der Waals surface area (Å²) in [6, 6.07) is 0. The molecule has 2 rings (SSSR count). The van der Waals surface area contributed by atoms with Crippen LogP contribution in [0, 0.1) is 11.3 Å². The SMILES string of the molecule is CC(C)(C)CN1CCC[C@@](O)(CN2CCC(CO)CC2)C1=O. The molecule has 1 atom stereocenters. The van der Waals surface area contributed by atoms with Gasteiger partial charge in [0.15, 0.2) is 5.60 Å². The van der Waals surface area contributed by atoms with Gasteiger partial charge in [0.05, 0.1) is 0 Å². The number of hydrogen-bond donors (Lipinski definition) is 2. The van der Waals surface area contributed by atoms with Crippen LogP contribution in [0.15, 0.2) is 0 Å². The van der Waals surface area contributed by atoms with E-state index >= 15 is 0 Å². The Morgan fingerprint density at radius 1 is 1.23 bits per heavy atom. The van der Waals surface area contributed by atoms with Gasteiger partial charge in [-0.1, -0.05) is 20.8 Å². The standard InChI is InChI=1S/C17H32N2O3/c1-16(2,3)12-19-8-4-7-17(22,15(19)21)13-18-9-5-14(11-20)6-10-18/h14,20,22H,4-13H2,1-3H3/t17-/m1/s1. The summed E-state index contributed by atoms with van der Waals surface area (Å²) in [6.45, 7) is 10.2. The Labute approximate surface area is 134 Å². The van der Waals surface area contributed by atoms with Gasteiger partial charge in [-0.3, -0.25) is 9.69 Å². The van der Waals surface area contributed by atoms with Gasteiger partial charge in [-0.25, -0.2) is 0 Å². The van der Waals surface area contributed by atoms with Crippen molar-refractivity contribution in [1.82, 2.24) is 9.80 Å². The van der Waals surface area contributed by atoms with Gasteiger partial charge in [0, 0.05) is 26.2 Å². The number of carbonyl (C=O) groups is 1. The van der Waals surface area contributed by atoms with E-state index in [0.717, 1.165) is 38.9 Å².